The molecule has 0 bridgehead atoms. The van der Waals surface area contributed by atoms with Crippen LogP contribution in [0, 0.1) is 0 Å². The van der Waals surface area contributed by atoms with Crippen LogP contribution in [-0.2, 0) is 0 Å². The lowest BCUT2D eigenvalue weighted by molar-refractivity contribution is 0.102. The smallest absolute Gasteiger partial charge is 0.256 e. The topological polar surface area (TPSA) is 45.2 Å². The van der Waals surface area contributed by atoms with Crippen molar-refractivity contribution in [3.63, 3.8) is 0 Å². The second kappa shape index (κ2) is 5.84. The van der Waals surface area contributed by atoms with Crippen LogP contribution in [0.15, 0.2) is 47.1 Å². The number of aromatic nitrogens is 1. The lowest BCUT2D eigenvalue weighted by atomic mass is 10.2. The first kappa shape index (κ1) is 13.5. The zero-order valence-electron chi connectivity index (χ0n) is 10.7. The predicted octanol–water partition coefficient (Wildman–Crippen LogP) is 3.16. The van der Waals surface area contributed by atoms with Crippen LogP contribution in [0.2, 0.25) is 0 Å². The van der Waals surface area contributed by atoms with E-state index < -0.39 is 0 Å². The number of halogens is 1. The molecule has 0 fully saturated rings. The van der Waals surface area contributed by atoms with E-state index in [1.807, 2.05) is 37.2 Å². The van der Waals surface area contributed by atoms with E-state index in [1.54, 1.807) is 24.4 Å². The van der Waals surface area contributed by atoms with Crippen LogP contribution in [0.25, 0.3) is 0 Å². The van der Waals surface area contributed by atoms with Gasteiger partial charge in [0.2, 0.25) is 0 Å². The van der Waals surface area contributed by atoms with Crippen LogP contribution in [0.1, 0.15) is 10.4 Å². The molecule has 0 radical (unpaired) electrons. The van der Waals surface area contributed by atoms with Crippen molar-refractivity contribution in [1.29, 1.82) is 0 Å². The first-order valence-electron chi connectivity index (χ1n) is 5.76. The summed E-state index contributed by atoms with van der Waals surface area (Å²) in [5.41, 5.74) is 1.66. The van der Waals surface area contributed by atoms with Crippen molar-refractivity contribution < 1.29 is 4.79 Å². The van der Waals surface area contributed by atoms with Gasteiger partial charge in [0.25, 0.3) is 5.91 Å². The van der Waals surface area contributed by atoms with Crippen LogP contribution in [0.3, 0.4) is 0 Å². The van der Waals surface area contributed by atoms with Gasteiger partial charge in [0.15, 0.2) is 0 Å². The van der Waals surface area contributed by atoms with Crippen molar-refractivity contribution >= 4 is 33.3 Å². The monoisotopic (exact) mass is 319 g/mol. The molecule has 0 spiro atoms. The Morgan fingerprint density at radius 1 is 1.21 bits per heavy atom. The summed E-state index contributed by atoms with van der Waals surface area (Å²) in [4.78, 5) is 18.1. The fourth-order valence-electron chi connectivity index (χ4n) is 1.57. The van der Waals surface area contributed by atoms with Gasteiger partial charge in [-0.05, 0) is 36.4 Å². The van der Waals surface area contributed by atoms with E-state index in [0.29, 0.717) is 11.4 Å². The number of carbonyl (C=O) groups excluding carboxylic acids is 1. The molecule has 19 heavy (non-hydrogen) atoms. The van der Waals surface area contributed by atoms with Gasteiger partial charge in [0.05, 0.1) is 0 Å². The van der Waals surface area contributed by atoms with E-state index in [9.17, 15) is 4.79 Å². The highest BCUT2D eigenvalue weighted by atomic mass is 79.9. The maximum absolute atomic E-state index is 12.0. The summed E-state index contributed by atoms with van der Waals surface area (Å²) in [6.07, 6.45) is 1.63. The van der Waals surface area contributed by atoms with E-state index in [4.69, 9.17) is 0 Å². The number of nitrogens with one attached hydrogen (secondary N) is 1. The first-order chi connectivity index (χ1) is 9.06. The first-order valence-corrected chi connectivity index (χ1v) is 6.56. The zero-order chi connectivity index (χ0) is 13.8. The van der Waals surface area contributed by atoms with E-state index in [-0.39, 0.29) is 5.91 Å². The summed E-state index contributed by atoms with van der Waals surface area (Å²) in [6.45, 7) is 0. The average molecular weight is 320 g/mol. The van der Waals surface area contributed by atoms with Crippen molar-refractivity contribution in [2.75, 3.05) is 24.3 Å². The Labute approximate surface area is 120 Å². The van der Waals surface area contributed by atoms with Crippen LogP contribution < -0.4 is 10.2 Å². The summed E-state index contributed by atoms with van der Waals surface area (Å²) < 4.78 is 0.876. The molecule has 0 atom stereocenters. The van der Waals surface area contributed by atoms with E-state index in [2.05, 4.69) is 26.2 Å². The van der Waals surface area contributed by atoms with Gasteiger partial charge in [-0.3, -0.25) is 4.79 Å². The Bertz CT molecular complexity index is 581. The average Bonchev–Trinajstić information content (AvgIpc) is 2.39. The molecule has 2 rings (SSSR count). The number of hydrogen-bond donors (Lipinski definition) is 1. The SMILES string of the molecule is CN(C)c1ccc(C(=O)Nc2cc(Br)ccn2)cc1. The molecule has 0 aliphatic rings. The summed E-state index contributed by atoms with van der Waals surface area (Å²) in [6, 6.07) is 11.0. The Hall–Kier alpha value is -1.88. The predicted molar refractivity (Wildman–Crippen MR) is 80.7 cm³/mol. The van der Waals surface area contributed by atoms with Gasteiger partial charge in [-0.2, -0.15) is 0 Å². The molecule has 98 valence electrons. The summed E-state index contributed by atoms with van der Waals surface area (Å²) >= 11 is 3.34. The van der Waals surface area contributed by atoms with Gasteiger partial charge in [-0.15, -0.1) is 0 Å². The third-order valence-corrected chi connectivity index (χ3v) is 3.10. The Morgan fingerprint density at radius 3 is 2.47 bits per heavy atom. The quantitative estimate of drug-likeness (QED) is 0.945. The Morgan fingerprint density at radius 2 is 1.89 bits per heavy atom. The van der Waals surface area contributed by atoms with Gasteiger partial charge in [-0.1, -0.05) is 15.9 Å². The zero-order valence-corrected chi connectivity index (χ0v) is 12.3. The Kier molecular flexibility index (Phi) is 4.16. The lowest BCUT2D eigenvalue weighted by Gasteiger charge is -2.12. The van der Waals surface area contributed by atoms with Gasteiger partial charge in [0.1, 0.15) is 5.82 Å². The normalized spacial score (nSPS) is 10.1. The van der Waals surface area contributed by atoms with Crippen molar-refractivity contribution in [2.24, 2.45) is 0 Å². The maximum Gasteiger partial charge on any atom is 0.256 e. The molecule has 1 heterocycles. The number of amides is 1. The van der Waals surface area contributed by atoms with Crippen LogP contribution in [0.5, 0.6) is 0 Å². The molecule has 2 aromatic rings. The molecule has 1 aromatic heterocycles. The number of nitrogens with zero attached hydrogens (tertiary/aromatic N) is 2. The van der Waals surface area contributed by atoms with E-state index in [1.165, 1.54) is 0 Å². The number of hydrogen-bond acceptors (Lipinski definition) is 3. The van der Waals surface area contributed by atoms with Crippen LogP contribution in [-0.4, -0.2) is 25.0 Å². The number of anilines is 2. The maximum atomic E-state index is 12.0. The highest BCUT2D eigenvalue weighted by Gasteiger charge is 2.07. The summed E-state index contributed by atoms with van der Waals surface area (Å²) in [7, 11) is 3.92. The molecule has 1 amide bonds. The highest BCUT2D eigenvalue weighted by molar-refractivity contribution is 9.10. The number of pyridine rings is 1. The van der Waals surface area contributed by atoms with Crippen molar-refractivity contribution in [1.82, 2.24) is 4.98 Å². The number of rotatable bonds is 3. The minimum absolute atomic E-state index is 0.170. The van der Waals surface area contributed by atoms with E-state index in [0.717, 1.165) is 10.2 Å². The molecule has 5 heteroatoms. The minimum Gasteiger partial charge on any atom is -0.378 e. The second-order valence-corrected chi connectivity index (χ2v) is 5.17. The van der Waals surface area contributed by atoms with Gasteiger partial charge >= 0.3 is 0 Å². The van der Waals surface area contributed by atoms with Gasteiger partial charge < -0.3 is 10.2 Å². The standard InChI is InChI=1S/C14H14BrN3O/c1-18(2)12-5-3-10(4-6-12)14(19)17-13-9-11(15)7-8-16-13/h3-9H,1-2H3,(H,16,17,19). The third-order valence-electron chi connectivity index (χ3n) is 2.61. The molecule has 0 saturated heterocycles. The van der Waals surface area contributed by atoms with Crippen LogP contribution >= 0.6 is 15.9 Å². The molecule has 0 unspecified atom stereocenters. The fraction of sp³-hybridized carbons (Fsp3) is 0.143. The van der Waals surface area contributed by atoms with E-state index >= 15 is 0 Å². The summed E-state index contributed by atoms with van der Waals surface area (Å²) in [5, 5.41) is 2.75. The van der Waals surface area contributed by atoms with Crippen molar-refractivity contribution in [3.05, 3.63) is 52.6 Å². The molecule has 0 aliphatic carbocycles. The number of carbonyl (C=O) groups is 1. The second-order valence-electron chi connectivity index (χ2n) is 4.25. The summed E-state index contributed by atoms with van der Waals surface area (Å²) in [5.74, 6) is 0.354. The van der Waals surface area contributed by atoms with Gasteiger partial charge in [0, 0.05) is 36.0 Å². The minimum atomic E-state index is -0.170. The Balaban J connectivity index is 2.11. The molecule has 1 aromatic carbocycles. The molecule has 0 saturated carbocycles. The molecule has 0 aliphatic heterocycles. The molecular weight excluding hydrogens is 306 g/mol. The largest absolute Gasteiger partial charge is 0.378 e. The molecular formula is C14H14BrN3O. The van der Waals surface area contributed by atoms with Crippen LogP contribution in [0.4, 0.5) is 11.5 Å². The molecule has 1 N–H and O–H groups in total. The van der Waals surface area contributed by atoms with Gasteiger partial charge in [-0.25, -0.2) is 4.98 Å². The van der Waals surface area contributed by atoms with Crippen molar-refractivity contribution in [2.45, 2.75) is 0 Å². The highest BCUT2D eigenvalue weighted by Crippen LogP contribution is 2.15. The number of benzene rings is 1. The fourth-order valence-corrected chi connectivity index (χ4v) is 1.91. The lowest BCUT2D eigenvalue weighted by Crippen LogP contribution is -2.13. The third kappa shape index (κ3) is 3.54. The van der Waals surface area contributed by atoms with Crippen molar-refractivity contribution in [3.8, 4) is 0 Å². The molecule has 4 nitrogen and oxygen atoms in total.